The number of hydrogen-bond acceptors (Lipinski definition) is 3. The van der Waals surface area contributed by atoms with Gasteiger partial charge in [-0.25, -0.2) is 0 Å². The molecule has 23 heavy (non-hydrogen) atoms. The van der Waals surface area contributed by atoms with E-state index in [1.807, 2.05) is 37.3 Å². The van der Waals surface area contributed by atoms with Gasteiger partial charge in [0.15, 0.2) is 0 Å². The predicted octanol–water partition coefficient (Wildman–Crippen LogP) is 1.77. The lowest BCUT2D eigenvalue weighted by atomic mass is 10.2. The van der Waals surface area contributed by atoms with Crippen LogP contribution in [0.5, 0.6) is 0 Å². The van der Waals surface area contributed by atoms with Gasteiger partial charge in [-0.1, -0.05) is 30.3 Å². The van der Waals surface area contributed by atoms with E-state index in [2.05, 4.69) is 15.5 Å². The van der Waals surface area contributed by atoms with Crippen molar-refractivity contribution in [3.8, 4) is 0 Å². The third-order valence-electron chi connectivity index (χ3n) is 3.68. The summed E-state index contributed by atoms with van der Waals surface area (Å²) in [6.07, 6.45) is 1.98. The fourth-order valence-corrected chi connectivity index (χ4v) is 2.22. The average molecular weight is 314 g/mol. The Hall–Kier alpha value is -2.63. The molecule has 2 N–H and O–H groups in total. The fourth-order valence-electron chi connectivity index (χ4n) is 2.22. The quantitative estimate of drug-likeness (QED) is 0.817. The van der Waals surface area contributed by atoms with Crippen LogP contribution in [0.4, 0.5) is 0 Å². The molecule has 0 bridgehead atoms. The minimum atomic E-state index is -0.0788. The van der Waals surface area contributed by atoms with Crippen LogP contribution in [0.3, 0.4) is 0 Å². The maximum atomic E-state index is 11.9. The number of aromatic nitrogens is 2. The van der Waals surface area contributed by atoms with Crippen LogP contribution in [0.25, 0.3) is 0 Å². The van der Waals surface area contributed by atoms with Gasteiger partial charge >= 0.3 is 0 Å². The summed E-state index contributed by atoms with van der Waals surface area (Å²) in [6, 6.07) is 9.75. The highest BCUT2D eigenvalue weighted by molar-refractivity contribution is 5.78. The Morgan fingerprint density at radius 2 is 2.00 bits per heavy atom. The number of carbonyl (C=O) groups excluding carboxylic acids is 2. The number of aryl methyl sites for hydroxylation is 1. The summed E-state index contributed by atoms with van der Waals surface area (Å²) in [4.78, 5) is 25.4. The number of H-pyrrole nitrogens is 1. The molecule has 0 saturated carbocycles. The maximum Gasteiger partial charge on any atom is 0.222 e. The number of amides is 2. The molecule has 1 aromatic heterocycles. The van der Waals surface area contributed by atoms with Crippen LogP contribution in [0.2, 0.25) is 0 Å². The Kier molecular flexibility index (Phi) is 5.91. The molecular weight excluding hydrogens is 292 g/mol. The standard InChI is InChI=1S/C17H22N4O2/c1-13-16(11-19-20-13)10-18-17(23)8-9-21(14(2)22)12-15-6-4-3-5-7-15/h3-7,11H,8-10,12H2,1-2H3,(H,18,23)(H,19,20). The normalized spacial score (nSPS) is 10.3. The number of carbonyl (C=O) groups is 2. The Morgan fingerprint density at radius 3 is 2.61 bits per heavy atom. The van der Waals surface area contributed by atoms with Crippen molar-refractivity contribution in [1.29, 1.82) is 0 Å². The zero-order valence-corrected chi connectivity index (χ0v) is 13.5. The van der Waals surface area contributed by atoms with Gasteiger partial charge in [-0.15, -0.1) is 0 Å². The number of benzene rings is 1. The summed E-state index contributed by atoms with van der Waals surface area (Å²) < 4.78 is 0. The van der Waals surface area contributed by atoms with E-state index in [-0.39, 0.29) is 18.2 Å². The van der Waals surface area contributed by atoms with Crippen molar-refractivity contribution in [2.45, 2.75) is 33.4 Å². The highest BCUT2D eigenvalue weighted by Crippen LogP contribution is 2.06. The molecule has 2 rings (SSSR count). The van der Waals surface area contributed by atoms with Crippen molar-refractivity contribution in [3.05, 3.63) is 53.3 Å². The average Bonchev–Trinajstić information content (AvgIpc) is 2.95. The molecular formula is C17H22N4O2. The summed E-state index contributed by atoms with van der Waals surface area (Å²) in [5, 5.41) is 9.59. The SMILES string of the molecule is CC(=O)N(CCC(=O)NCc1cn[nH]c1C)Cc1ccccc1. The predicted molar refractivity (Wildman–Crippen MR) is 87.3 cm³/mol. The van der Waals surface area contributed by atoms with Gasteiger partial charge in [0.25, 0.3) is 0 Å². The summed E-state index contributed by atoms with van der Waals surface area (Å²) in [7, 11) is 0. The van der Waals surface area contributed by atoms with Crippen molar-refractivity contribution in [1.82, 2.24) is 20.4 Å². The molecule has 0 aliphatic rings. The first-order chi connectivity index (χ1) is 11.1. The second kappa shape index (κ2) is 8.12. The first kappa shape index (κ1) is 16.7. The molecule has 2 aromatic rings. The Bertz CT molecular complexity index is 652. The molecule has 0 fully saturated rings. The summed E-state index contributed by atoms with van der Waals surface area (Å²) in [6.45, 7) is 4.80. The lowest BCUT2D eigenvalue weighted by molar-refractivity contribution is -0.130. The van der Waals surface area contributed by atoms with Gasteiger partial charge in [0.1, 0.15) is 0 Å². The van der Waals surface area contributed by atoms with E-state index in [1.165, 1.54) is 6.92 Å². The second-order valence-electron chi connectivity index (χ2n) is 5.47. The number of rotatable bonds is 7. The first-order valence-electron chi connectivity index (χ1n) is 7.61. The van der Waals surface area contributed by atoms with Gasteiger partial charge in [0, 0.05) is 44.2 Å². The Balaban J connectivity index is 1.80. The molecule has 0 saturated heterocycles. The number of aromatic amines is 1. The Labute approximate surface area is 135 Å². The molecule has 122 valence electrons. The van der Waals surface area contributed by atoms with Crippen LogP contribution in [0, 0.1) is 6.92 Å². The lowest BCUT2D eigenvalue weighted by Gasteiger charge is -2.21. The third kappa shape index (κ3) is 5.25. The van der Waals surface area contributed by atoms with Crippen molar-refractivity contribution >= 4 is 11.8 Å². The molecule has 0 unspecified atom stereocenters. The molecule has 1 heterocycles. The Morgan fingerprint density at radius 1 is 1.26 bits per heavy atom. The molecule has 0 spiro atoms. The van der Waals surface area contributed by atoms with Gasteiger partial charge in [-0.3, -0.25) is 14.7 Å². The van der Waals surface area contributed by atoms with Gasteiger partial charge in [-0.2, -0.15) is 5.10 Å². The van der Waals surface area contributed by atoms with Crippen LogP contribution in [0.15, 0.2) is 36.5 Å². The van der Waals surface area contributed by atoms with E-state index in [9.17, 15) is 9.59 Å². The number of nitrogens with zero attached hydrogens (tertiary/aromatic N) is 2. The van der Waals surface area contributed by atoms with Gasteiger partial charge < -0.3 is 10.2 Å². The van der Waals surface area contributed by atoms with E-state index in [4.69, 9.17) is 0 Å². The monoisotopic (exact) mass is 314 g/mol. The zero-order chi connectivity index (χ0) is 16.7. The topological polar surface area (TPSA) is 78.1 Å². The number of nitrogens with one attached hydrogen (secondary N) is 2. The molecule has 0 radical (unpaired) electrons. The highest BCUT2D eigenvalue weighted by Gasteiger charge is 2.12. The molecule has 0 aliphatic carbocycles. The van der Waals surface area contributed by atoms with Crippen molar-refractivity contribution in [2.24, 2.45) is 0 Å². The van der Waals surface area contributed by atoms with Gasteiger partial charge in [-0.05, 0) is 12.5 Å². The molecule has 6 heteroatoms. The van der Waals surface area contributed by atoms with E-state index in [0.29, 0.717) is 19.6 Å². The fraction of sp³-hybridized carbons (Fsp3) is 0.353. The second-order valence-corrected chi connectivity index (χ2v) is 5.47. The summed E-state index contributed by atoms with van der Waals surface area (Å²) in [5.41, 5.74) is 2.96. The maximum absolute atomic E-state index is 11.9. The van der Waals surface area contributed by atoms with Crippen molar-refractivity contribution in [2.75, 3.05) is 6.54 Å². The van der Waals surface area contributed by atoms with Crippen LogP contribution < -0.4 is 5.32 Å². The third-order valence-corrected chi connectivity index (χ3v) is 3.68. The largest absolute Gasteiger partial charge is 0.352 e. The van der Waals surface area contributed by atoms with Crippen molar-refractivity contribution < 1.29 is 9.59 Å². The molecule has 0 aliphatic heterocycles. The van der Waals surface area contributed by atoms with Crippen LogP contribution >= 0.6 is 0 Å². The molecule has 0 atom stereocenters. The molecule has 2 amide bonds. The van der Waals surface area contributed by atoms with E-state index >= 15 is 0 Å². The number of hydrogen-bond donors (Lipinski definition) is 2. The van der Waals surface area contributed by atoms with E-state index in [1.54, 1.807) is 11.1 Å². The first-order valence-corrected chi connectivity index (χ1v) is 7.61. The highest BCUT2D eigenvalue weighted by atomic mass is 16.2. The van der Waals surface area contributed by atoms with Crippen LogP contribution in [-0.4, -0.2) is 33.5 Å². The smallest absolute Gasteiger partial charge is 0.222 e. The molecule has 6 nitrogen and oxygen atoms in total. The minimum absolute atomic E-state index is 0.0349. The summed E-state index contributed by atoms with van der Waals surface area (Å²) in [5.74, 6) is -0.114. The molecule has 1 aromatic carbocycles. The van der Waals surface area contributed by atoms with Crippen molar-refractivity contribution in [3.63, 3.8) is 0 Å². The lowest BCUT2D eigenvalue weighted by Crippen LogP contribution is -2.33. The van der Waals surface area contributed by atoms with Crippen LogP contribution in [0.1, 0.15) is 30.2 Å². The summed E-state index contributed by atoms with van der Waals surface area (Å²) >= 11 is 0. The zero-order valence-electron chi connectivity index (χ0n) is 13.5. The minimum Gasteiger partial charge on any atom is -0.352 e. The van der Waals surface area contributed by atoms with E-state index < -0.39 is 0 Å². The van der Waals surface area contributed by atoms with E-state index in [0.717, 1.165) is 16.8 Å². The van der Waals surface area contributed by atoms with Crippen LogP contribution in [-0.2, 0) is 22.7 Å². The van der Waals surface area contributed by atoms with Gasteiger partial charge in [0.2, 0.25) is 11.8 Å². The van der Waals surface area contributed by atoms with Gasteiger partial charge in [0.05, 0.1) is 6.20 Å².